The molecular weight excluding hydrogens is 294 g/mol. The van der Waals surface area contributed by atoms with Crippen molar-refractivity contribution in [1.82, 2.24) is 14.6 Å². The summed E-state index contributed by atoms with van der Waals surface area (Å²) in [5.41, 5.74) is 2.60. The maximum atomic E-state index is 12.1. The summed E-state index contributed by atoms with van der Waals surface area (Å²) in [6.45, 7) is 4.25. The van der Waals surface area contributed by atoms with Crippen LogP contribution in [0.2, 0.25) is 0 Å². The van der Waals surface area contributed by atoms with Gasteiger partial charge in [0.2, 0.25) is 0 Å². The van der Waals surface area contributed by atoms with E-state index in [4.69, 9.17) is 9.47 Å². The second-order valence-electron chi connectivity index (χ2n) is 4.98. The van der Waals surface area contributed by atoms with Crippen LogP contribution in [0, 0.1) is 6.92 Å². The molecule has 0 fully saturated rings. The summed E-state index contributed by atoms with van der Waals surface area (Å²) in [6, 6.07) is 9.25. The molecule has 3 heterocycles. The fraction of sp³-hybridized carbons (Fsp3) is 0.235. The predicted octanol–water partition coefficient (Wildman–Crippen LogP) is 2.79. The second kappa shape index (κ2) is 6.48. The average Bonchev–Trinajstić information content (AvgIpc) is 2.89. The zero-order valence-corrected chi connectivity index (χ0v) is 13.0. The van der Waals surface area contributed by atoms with Crippen LogP contribution in [0.4, 0.5) is 0 Å². The molecule has 0 saturated heterocycles. The molecule has 0 aliphatic heterocycles. The quantitative estimate of drug-likeness (QED) is 0.678. The molecule has 3 rings (SSSR count). The first-order chi connectivity index (χ1) is 11.2. The Kier molecular flexibility index (Phi) is 4.23. The van der Waals surface area contributed by atoms with Gasteiger partial charge in [0.25, 0.3) is 0 Å². The van der Waals surface area contributed by atoms with Gasteiger partial charge in [0.05, 0.1) is 23.5 Å². The van der Waals surface area contributed by atoms with Gasteiger partial charge in [-0.1, -0.05) is 6.07 Å². The summed E-state index contributed by atoms with van der Waals surface area (Å²) in [6.07, 6.45) is 3.49. The lowest BCUT2D eigenvalue weighted by Gasteiger charge is -2.06. The standard InChI is InChI=1S/C17H17N3O3/c1-3-22-17(21)16-12(2)19-20-9-7-14(10-15(16)20)23-11-13-6-4-5-8-18-13/h4-10H,3,11H2,1-2H3. The summed E-state index contributed by atoms with van der Waals surface area (Å²) >= 11 is 0. The topological polar surface area (TPSA) is 65.7 Å². The molecule has 0 saturated carbocycles. The number of nitrogens with zero attached hydrogens (tertiary/aromatic N) is 3. The van der Waals surface area contributed by atoms with Crippen LogP contribution in [0.25, 0.3) is 5.52 Å². The minimum atomic E-state index is -0.373. The van der Waals surface area contributed by atoms with Crippen LogP contribution < -0.4 is 4.74 Å². The van der Waals surface area contributed by atoms with E-state index in [2.05, 4.69) is 10.1 Å². The number of rotatable bonds is 5. The Morgan fingerprint density at radius 1 is 1.30 bits per heavy atom. The molecule has 6 heteroatoms. The number of ether oxygens (including phenoxy) is 2. The maximum Gasteiger partial charge on any atom is 0.342 e. The Balaban J connectivity index is 1.88. The molecule has 0 aliphatic rings. The van der Waals surface area contributed by atoms with Gasteiger partial charge in [-0.25, -0.2) is 9.31 Å². The van der Waals surface area contributed by atoms with Crippen molar-refractivity contribution in [2.24, 2.45) is 0 Å². The number of fused-ring (bicyclic) bond motifs is 1. The normalized spacial score (nSPS) is 10.7. The molecule has 0 spiro atoms. The Hall–Kier alpha value is -2.89. The number of aromatic nitrogens is 3. The highest BCUT2D eigenvalue weighted by atomic mass is 16.5. The van der Waals surface area contributed by atoms with Crippen molar-refractivity contribution >= 4 is 11.5 Å². The summed E-state index contributed by atoms with van der Waals surface area (Å²) in [4.78, 5) is 16.3. The van der Waals surface area contributed by atoms with Crippen LogP contribution in [0.1, 0.15) is 28.7 Å². The molecule has 0 aliphatic carbocycles. The molecule has 3 aromatic rings. The minimum Gasteiger partial charge on any atom is -0.487 e. The van der Waals surface area contributed by atoms with Crippen molar-refractivity contribution in [3.05, 3.63) is 59.7 Å². The monoisotopic (exact) mass is 311 g/mol. The third kappa shape index (κ3) is 3.15. The lowest BCUT2D eigenvalue weighted by Crippen LogP contribution is -2.06. The lowest BCUT2D eigenvalue weighted by molar-refractivity contribution is 0.0528. The van der Waals surface area contributed by atoms with E-state index in [0.717, 1.165) is 5.69 Å². The zero-order chi connectivity index (χ0) is 16.2. The Labute approximate surface area is 133 Å². The molecule has 0 atom stereocenters. The lowest BCUT2D eigenvalue weighted by atomic mass is 10.2. The highest BCUT2D eigenvalue weighted by Crippen LogP contribution is 2.22. The summed E-state index contributed by atoms with van der Waals surface area (Å²) in [5, 5.41) is 4.32. The van der Waals surface area contributed by atoms with Gasteiger partial charge in [0.1, 0.15) is 17.9 Å². The van der Waals surface area contributed by atoms with E-state index in [1.54, 1.807) is 42.9 Å². The molecule has 0 N–H and O–H groups in total. The van der Waals surface area contributed by atoms with E-state index in [1.165, 1.54) is 0 Å². The zero-order valence-electron chi connectivity index (χ0n) is 13.0. The van der Waals surface area contributed by atoms with Crippen LogP contribution in [-0.2, 0) is 11.3 Å². The predicted molar refractivity (Wildman–Crippen MR) is 84.5 cm³/mol. The summed E-state index contributed by atoms with van der Waals surface area (Å²) in [7, 11) is 0. The smallest absolute Gasteiger partial charge is 0.342 e. The number of esters is 1. The average molecular weight is 311 g/mol. The summed E-state index contributed by atoms with van der Waals surface area (Å²) in [5.74, 6) is 0.274. The van der Waals surface area contributed by atoms with Crippen molar-refractivity contribution in [3.63, 3.8) is 0 Å². The van der Waals surface area contributed by atoms with Gasteiger partial charge in [-0.05, 0) is 32.0 Å². The number of hydrogen-bond acceptors (Lipinski definition) is 5. The highest BCUT2D eigenvalue weighted by molar-refractivity contribution is 5.98. The SMILES string of the molecule is CCOC(=O)c1c(C)nn2ccc(OCc3ccccn3)cc12. The van der Waals surface area contributed by atoms with Crippen molar-refractivity contribution in [1.29, 1.82) is 0 Å². The fourth-order valence-corrected chi connectivity index (χ4v) is 2.33. The molecule has 0 aromatic carbocycles. The van der Waals surface area contributed by atoms with Gasteiger partial charge >= 0.3 is 5.97 Å². The first kappa shape index (κ1) is 15.0. The van der Waals surface area contributed by atoms with Gasteiger partial charge in [-0.2, -0.15) is 5.10 Å². The number of carbonyl (C=O) groups is 1. The van der Waals surface area contributed by atoms with E-state index in [9.17, 15) is 4.79 Å². The van der Waals surface area contributed by atoms with Gasteiger partial charge in [0, 0.05) is 18.5 Å². The second-order valence-corrected chi connectivity index (χ2v) is 4.98. The van der Waals surface area contributed by atoms with E-state index >= 15 is 0 Å². The van der Waals surface area contributed by atoms with Crippen LogP contribution in [0.5, 0.6) is 5.75 Å². The first-order valence-corrected chi connectivity index (χ1v) is 7.38. The van der Waals surface area contributed by atoms with Gasteiger partial charge in [0.15, 0.2) is 0 Å². The number of hydrogen-bond donors (Lipinski definition) is 0. The third-order valence-corrected chi connectivity index (χ3v) is 3.37. The third-order valence-electron chi connectivity index (χ3n) is 3.37. The van der Waals surface area contributed by atoms with E-state index < -0.39 is 0 Å². The van der Waals surface area contributed by atoms with Crippen molar-refractivity contribution < 1.29 is 14.3 Å². The number of pyridine rings is 2. The van der Waals surface area contributed by atoms with Crippen LogP contribution in [-0.4, -0.2) is 27.2 Å². The Morgan fingerprint density at radius 3 is 2.91 bits per heavy atom. The first-order valence-electron chi connectivity index (χ1n) is 7.38. The summed E-state index contributed by atoms with van der Waals surface area (Å²) < 4.78 is 12.5. The van der Waals surface area contributed by atoms with Crippen LogP contribution >= 0.6 is 0 Å². The van der Waals surface area contributed by atoms with Crippen molar-refractivity contribution in [2.75, 3.05) is 6.61 Å². The van der Waals surface area contributed by atoms with E-state index in [-0.39, 0.29) is 5.97 Å². The molecule has 0 amide bonds. The largest absolute Gasteiger partial charge is 0.487 e. The van der Waals surface area contributed by atoms with Gasteiger partial charge < -0.3 is 9.47 Å². The molecule has 118 valence electrons. The molecule has 23 heavy (non-hydrogen) atoms. The van der Waals surface area contributed by atoms with Crippen molar-refractivity contribution in [3.8, 4) is 5.75 Å². The van der Waals surface area contributed by atoms with Crippen LogP contribution in [0.15, 0.2) is 42.7 Å². The van der Waals surface area contributed by atoms with Gasteiger partial charge in [-0.15, -0.1) is 0 Å². The van der Waals surface area contributed by atoms with E-state index in [1.807, 2.05) is 18.2 Å². The van der Waals surface area contributed by atoms with Gasteiger partial charge in [-0.3, -0.25) is 4.98 Å². The Bertz CT molecular complexity index is 828. The molecule has 0 bridgehead atoms. The number of carbonyl (C=O) groups excluding carboxylic acids is 1. The minimum absolute atomic E-state index is 0.325. The molecule has 3 aromatic heterocycles. The van der Waals surface area contributed by atoms with Crippen LogP contribution in [0.3, 0.4) is 0 Å². The highest BCUT2D eigenvalue weighted by Gasteiger charge is 2.18. The molecule has 0 radical (unpaired) electrons. The Morgan fingerprint density at radius 2 is 2.17 bits per heavy atom. The fourth-order valence-electron chi connectivity index (χ4n) is 2.33. The molecule has 0 unspecified atom stereocenters. The molecule has 6 nitrogen and oxygen atoms in total. The maximum absolute atomic E-state index is 12.1. The molecular formula is C17H17N3O3. The van der Waals surface area contributed by atoms with E-state index in [0.29, 0.717) is 35.7 Å². The van der Waals surface area contributed by atoms with Crippen molar-refractivity contribution in [2.45, 2.75) is 20.5 Å². The number of aryl methyl sites for hydroxylation is 1.